The van der Waals surface area contributed by atoms with Gasteiger partial charge in [0.15, 0.2) is 0 Å². The highest BCUT2D eigenvalue weighted by atomic mass is 28.4. The molecule has 0 spiro atoms. The second-order valence-electron chi connectivity index (χ2n) is 3.07. The van der Waals surface area contributed by atoms with E-state index < -0.39 is 8.80 Å². The standard InChI is InChI=1S/C10H24O5Si/c1-5-13-16(14-6-2,15-7-3)10-8-9-12-11-4/h5-10H2,1-4H3. The Hall–Kier alpha value is 0.0169. The molecular weight excluding hydrogens is 228 g/mol. The molecule has 0 amide bonds. The van der Waals surface area contributed by atoms with E-state index in [0.29, 0.717) is 26.4 Å². The monoisotopic (exact) mass is 252 g/mol. The number of rotatable bonds is 11. The molecule has 98 valence electrons. The van der Waals surface area contributed by atoms with Gasteiger partial charge in [-0.3, -0.25) is 0 Å². The van der Waals surface area contributed by atoms with Gasteiger partial charge in [-0.15, -0.1) is 0 Å². The molecule has 0 radical (unpaired) electrons. The Morgan fingerprint density at radius 1 is 0.875 bits per heavy atom. The lowest BCUT2D eigenvalue weighted by molar-refractivity contribution is -0.272. The molecule has 0 unspecified atom stereocenters. The first-order valence-electron chi connectivity index (χ1n) is 5.82. The van der Waals surface area contributed by atoms with Crippen molar-refractivity contribution >= 4 is 8.80 Å². The summed E-state index contributed by atoms with van der Waals surface area (Å²) in [7, 11) is -0.983. The lowest BCUT2D eigenvalue weighted by Crippen LogP contribution is -2.46. The van der Waals surface area contributed by atoms with E-state index in [0.717, 1.165) is 12.5 Å². The van der Waals surface area contributed by atoms with Gasteiger partial charge in [0.05, 0.1) is 13.7 Å². The van der Waals surface area contributed by atoms with Crippen LogP contribution in [0.2, 0.25) is 6.04 Å². The summed E-state index contributed by atoms with van der Waals surface area (Å²) in [6.45, 7) is 8.20. The Bertz CT molecular complexity index is 139. The summed E-state index contributed by atoms with van der Waals surface area (Å²) in [5.74, 6) is 0. The summed E-state index contributed by atoms with van der Waals surface area (Å²) in [5.41, 5.74) is 0. The normalized spacial score (nSPS) is 12.0. The number of hydrogen-bond donors (Lipinski definition) is 0. The van der Waals surface area contributed by atoms with Crippen molar-refractivity contribution < 1.29 is 23.1 Å². The topological polar surface area (TPSA) is 46.2 Å². The summed E-state index contributed by atoms with van der Waals surface area (Å²) in [4.78, 5) is 9.35. The van der Waals surface area contributed by atoms with Crippen molar-refractivity contribution in [2.45, 2.75) is 33.2 Å². The molecule has 16 heavy (non-hydrogen) atoms. The molecule has 0 atom stereocenters. The molecule has 0 aliphatic rings. The van der Waals surface area contributed by atoms with Crippen molar-refractivity contribution in [2.24, 2.45) is 0 Å². The fourth-order valence-electron chi connectivity index (χ4n) is 1.43. The summed E-state index contributed by atoms with van der Waals surface area (Å²) in [6.07, 6.45) is 0.806. The SMILES string of the molecule is CCO[Si](CCCOOC)(OCC)OCC. The van der Waals surface area contributed by atoms with Crippen LogP contribution in [0.5, 0.6) is 0 Å². The molecule has 0 N–H and O–H groups in total. The van der Waals surface area contributed by atoms with Crippen LogP contribution in [0.15, 0.2) is 0 Å². The molecule has 0 saturated carbocycles. The van der Waals surface area contributed by atoms with Gasteiger partial charge < -0.3 is 13.3 Å². The molecule has 0 bridgehead atoms. The third-order valence-electron chi connectivity index (χ3n) is 1.92. The minimum absolute atomic E-state index is 0.526. The van der Waals surface area contributed by atoms with Crippen molar-refractivity contribution in [1.82, 2.24) is 0 Å². The first kappa shape index (κ1) is 16.0. The van der Waals surface area contributed by atoms with Gasteiger partial charge in [-0.1, -0.05) is 0 Å². The van der Waals surface area contributed by atoms with E-state index in [-0.39, 0.29) is 0 Å². The first-order valence-corrected chi connectivity index (χ1v) is 7.75. The van der Waals surface area contributed by atoms with Gasteiger partial charge in [-0.2, -0.15) is 0 Å². The van der Waals surface area contributed by atoms with Gasteiger partial charge in [-0.25, -0.2) is 9.78 Å². The summed E-state index contributed by atoms with van der Waals surface area (Å²) in [6, 6.07) is 0.756. The highest BCUT2D eigenvalue weighted by Gasteiger charge is 2.39. The fraction of sp³-hybridized carbons (Fsp3) is 1.00. The Kier molecular flexibility index (Phi) is 10.2. The molecule has 6 heteroatoms. The van der Waals surface area contributed by atoms with Crippen LogP contribution in [0.25, 0.3) is 0 Å². The summed E-state index contributed by atoms with van der Waals surface area (Å²) in [5, 5.41) is 0. The Morgan fingerprint density at radius 2 is 1.38 bits per heavy atom. The van der Waals surface area contributed by atoms with Crippen molar-refractivity contribution in [3.05, 3.63) is 0 Å². The van der Waals surface area contributed by atoms with E-state index in [1.165, 1.54) is 7.11 Å². The van der Waals surface area contributed by atoms with E-state index in [1.54, 1.807) is 0 Å². The highest BCUT2D eigenvalue weighted by molar-refractivity contribution is 6.60. The van der Waals surface area contributed by atoms with Crippen LogP contribution in [0.1, 0.15) is 27.2 Å². The van der Waals surface area contributed by atoms with Crippen molar-refractivity contribution in [2.75, 3.05) is 33.5 Å². The molecule has 0 aliphatic carbocycles. The third-order valence-corrected chi connectivity index (χ3v) is 5.07. The second kappa shape index (κ2) is 10.2. The molecule has 0 fully saturated rings. The van der Waals surface area contributed by atoms with Gasteiger partial charge in [0.2, 0.25) is 0 Å². The summed E-state index contributed by atoms with van der Waals surface area (Å²) >= 11 is 0. The van der Waals surface area contributed by atoms with Crippen LogP contribution in [0.4, 0.5) is 0 Å². The molecular formula is C10H24O5Si. The lowest BCUT2D eigenvalue weighted by atomic mass is 10.5. The van der Waals surface area contributed by atoms with Crippen LogP contribution in [-0.4, -0.2) is 42.3 Å². The predicted molar refractivity (Wildman–Crippen MR) is 63.0 cm³/mol. The largest absolute Gasteiger partial charge is 0.501 e. The van der Waals surface area contributed by atoms with Crippen molar-refractivity contribution in [1.29, 1.82) is 0 Å². The summed E-state index contributed by atoms with van der Waals surface area (Å²) < 4.78 is 17.1. The Morgan fingerprint density at radius 3 is 1.75 bits per heavy atom. The van der Waals surface area contributed by atoms with Gasteiger partial charge >= 0.3 is 8.80 Å². The zero-order valence-electron chi connectivity index (χ0n) is 10.8. The van der Waals surface area contributed by atoms with Gasteiger partial charge in [0, 0.05) is 25.9 Å². The molecule has 0 saturated heterocycles. The first-order chi connectivity index (χ1) is 7.74. The Labute approximate surface area is 99.3 Å². The van der Waals surface area contributed by atoms with Gasteiger partial charge in [0.25, 0.3) is 0 Å². The number of hydrogen-bond acceptors (Lipinski definition) is 5. The van der Waals surface area contributed by atoms with Crippen LogP contribution < -0.4 is 0 Å². The van der Waals surface area contributed by atoms with Crippen LogP contribution in [-0.2, 0) is 23.1 Å². The maximum Gasteiger partial charge on any atom is 0.501 e. The molecule has 0 aromatic rings. The minimum atomic E-state index is -2.48. The molecule has 0 heterocycles. The molecule has 0 aromatic heterocycles. The maximum absolute atomic E-state index is 5.69. The van der Waals surface area contributed by atoms with E-state index in [9.17, 15) is 0 Å². The van der Waals surface area contributed by atoms with E-state index >= 15 is 0 Å². The van der Waals surface area contributed by atoms with Crippen molar-refractivity contribution in [3.63, 3.8) is 0 Å². The van der Waals surface area contributed by atoms with Crippen LogP contribution in [0.3, 0.4) is 0 Å². The predicted octanol–water partition coefficient (Wildman–Crippen LogP) is 2.00. The van der Waals surface area contributed by atoms with Gasteiger partial charge in [-0.05, 0) is 27.2 Å². The van der Waals surface area contributed by atoms with Crippen molar-refractivity contribution in [3.8, 4) is 0 Å². The van der Waals surface area contributed by atoms with Crippen LogP contribution in [0, 0.1) is 0 Å². The quantitative estimate of drug-likeness (QED) is 0.244. The maximum atomic E-state index is 5.69. The van der Waals surface area contributed by atoms with E-state index in [1.807, 2.05) is 20.8 Å². The van der Waals surface area contributed by atoms with Gasteiger partial charge in [0.1, 0.15) is 0 Å². The Balaban J connectivity index is 4.12. The third kappa shape index (κ3) is 6.57. The average Bonchev–Trinajstić information content (AvgIpc) is 2.26. The molecule has 0 rings (SSSR count). The van der Waals surface area contributed by atoms with E-state index in [2.05, 4.69) is 4.89 Å². The van der Waals surface area contributed by atoms with Crippen LogP contribution >= 0.6 is 0 Å². The fourth-order valence-corrected chi connectivity index (χ4v) is 4.01. The molecule has 0 aromatic carbocycles. The molecule has 0 aliphatic heterocycles. The smallest absolute Gasteiger partial charge is 0.374 e. The average molecular weight is 252 g/mol. The second-order valence-corrected chi connectivity index (χ2v) is 5.81. The lowest BCUT2D eigenvalue weighted by Gasteiger charge is -2.28. The highest BCUT2D eigenvalue weighted by Crippen LogP contribution is 2.18. The molecule has 5 nitrogen and oxygen atoms in total. The zero-order chi connectivity index (χ0) is 12.3. The van der Waals surface area contributed by atoms with E-state index in [4.69, 9.17) is 18.2 Å². The zero-order valence-corrected chi connectivity index (χ0v) is 11.8. The minimum Gasteiger partial charge on any atom is -0.374 e.